The average molecular weight is 448 g/mol. The second kappa shape index (κ2) is 13.1. The first-order valence-corrected chi connectivity index (χ1v) is 10.5. The zero-order valence-corrected chi connectivity index (χ0v) is 19.3. The highest BCUT2D eigenvalue weighted by Crippen LogP contribution is 2.12. The van der Waals surface area contributed by atoms with Gasteiger partial charge in [0.25, 0.3) is 0 Å². The summed E-state index contributed by atoms with van der Waals surface area (Å²) in [6, 6.07) is 5.12. The van der Waals surface area contributed by atoms with Crippen LogP contribution >= 0.6 is 0 Å². The maximum absolute atomic E-state index is 12.6. The number of ether oxygens (including phenoxy) is 2. The van der Waals surface area contributed by atoms with Crippen LogP contribution in [0.2, 0.25) is 0 Å². The molecule has 0 saturated heterocycles. The number of carbonyl (C=O) groups is 4. The number of carbonyl (C=O) groups excluding carboxylic acids is 4. The average Bonchev–Trinajstić information content (AvgIpc) is 2.74. The first kappa shape index (κ1) is 26.7. The van der Waals surface area contributed by atoms with Crippen LogP contribution in [0.25, 0.3) is 0 Å². The molecule has 1 aromatic rings. The minimum Gasteiger partial charge on any atom is -0.461 e. The Balaban J connectivity index is 2.61. The van der Waals surface area contributed by atoms with E-state index < -0.39 is 30.0 Å². The summed E-state index contributed by atoms with van der Waals surface area (Å²) >= 11 is 0. The molecule has 0 spiro atoms. The highest BCUT2D eigenvalue weighted by molar-refractivity contribution is 5.98. The fourth-order valence-corrected chi connectivity index (χ4v) is 2.46. The number of esters is 1. The smallest absolute Gasteiger partial charge is 0.408 e. The minimum absolute atomic E-state index is 0.0238. The van der Waals surface area contributed by atoms with Crippen molar-refractivity contribution in [3.05, 3.63) is 42.5 Å². The first-order chi connectivity index (χ1) is 15.0. The van der Waals surface area contributed by atoms with Crippen molar-refractivity contribution in [2.24, 2.45) is 11.8 Å². The molecule has 1 rings (SSSR count). The van der Waals surface area contributed by atoms with Crippen LogP contribution in [0, 0.1) is 11.8 Å². The van der Waals surface area contributed by atoms with E-state index in [1.807, 2.05) is 0 Å². The topological polar surface area (TPSA) is 123 Å². The highest BCUT2D eigenvalue weighted by atomic mass is 16.5. The molecule has 0 aromatic heterocycles. The van der Waals surface area contributed by atoms with Gasteiger partial charge >= 0.3 is 12.1 Å². The van der Waals surface area contributed by atoms with Crippen LogP contribution in [-0.4, -0.2) is 42.6 Å². The van der Waals surface area contributed by atoms with Gasteiger partial charge in [-0.05, 0) is 30.5 Å². The van der Waals surface area contributed by atoms with Gasteiger partial charge in [-0.25, -0.2) is 4.79 Å². The van der Waals surface area contributed by atoms with E-state index in [4.69, 9.17) is 9.47 Å². The summed E-state index contributed by atoms with van der Waals surface area (Å²) in [4.78, 5) is 48.3. The molecule has 9 heteroatoms. The van der Waals surface area contributed by atoms with Crippen LogP contribution in [0.5, 0.6) is 0 Å². The SMILES string of the molecule is C=CCOC(=O)N[C@H](C(=O)N[C@@H](C)C(=O)Nc1ccc(COC(=O)C(C)C)cc1)C(C)C. The molecule has 32 heavy (non-hydrogen) atoms. The van der Waals surface area contributed by atoms with Crippen molar-refractivity contribution in [2.75, 3.05) is 11.9 Å². The third kappa shape index (κ3) is 9.20. The molecule has 0 saturated carbocycles. The monoisotopic (exact) mass is 447 g/mol. The van der Waals surface area contributed by atoms with Crippen molar-refractivity contribution in [2.45, 2.75) is 53.3 Å². The molecule has 3 amide bonds. The summed E-state index contributed by atoms with van der Waals surface area (Å²) in [6.45, 7) is 12.2. The van der Waals surface area contributed by atoms with Gasteiger partial charge in [-0.2, -0.15) is 0 Å². The molecule has 0 aliphatic heterocycles. The van der Waals surface area contributed by atoms with E-state index in [-0.39, 0.29) is 31.0 Å². The summed E-state index contributed by atoms with van der Waals surface area (Å²) in [7, 11) is 0. The van der Waals surface area contributed by atoms with E-state index >= 15 is 0 Å². The number of amides is 3. The summed E-state index contributed by atoms with van der Waals surface area (Å²) in [6.07, 6.45) is 0.677. The Hall–Kier alpha value is -3.36. The standard InChI is InChI=1S/C23H33N3O6/c1-7-12-31-23(30)26-19(14(2)3)21(28)24-16(6)20(27)25-18-10-8-17(9-11-18)13-32-22(29)15(4)5/h7-11,14-16,19H,1,12-13H2,2-6H3,(H,24,28)(H,25,27)(H,26,30)/t16-,19-/m0/s1. The van der Waals surface area contributed by atoms with Crippen LogP contribution in [0.1, 0.15) is 40.2 Å². The Morgan fingerprint density at radius 1 is 0.938 bits per heavy atom. The Kier molecular flexibility index (Phi) is 11.0. The number of hydrogen-bond acceptors (Lipinski definition) is 6. The number of alkyl carbamates (subject to hydrolysis) is 1. The number of hydrogen-bond donors (Lipinski definition) is 3. The lowest BCUT2D eigenvalue weighted by Gasteiger charge is -2.23. The first-order valence-electron chi connectivity index (χ1n) is 10.5. The van der Waals surface area contributed by atoms with Gasteiger partial charge in [-0.3, -0.25) is 14.4 Å². The van der Waals surface area contributed by atoms with Gasteiger partial charge in [-0.1, -0.05) is 52.5 Å². The lowest BCUT2D eigenvalue weighted by atomic mass is 10.0. The number of anilines is 1. The molecule has 0 heterocycles. The molecule has 0 aliphatic rings. The van der Waals surface area contributed by atoms with E-state index in [0.29, 0.717) is 5.69 Å². The summed E-state index contributed by atoms with van der Waals surface area (Å²) in [5, 5.41) is 7.80. The van der Waals surface area contributed by atoms with Crippen LogP contribution in [0.15, 0.2) is 36.9 Å². The molecule has 0 unspecified atom stereocenters. The zero-order valence-electron chi connectivity index (χ0n) is 19.3. The lowest BCUT2D eigenvalue weighted by Crippen LogP contribution is -2.53. The second-order valence-corrected chi connectivity index (χ2v) is 7.93. The number of rotatable bonds is 11. The van der Waals surface area contributed by atoms with Gasteiger partial charge in [-0.15, -0.1) is 0 Å². The van der Waals surface area contributed by atoms with Crippen molar-refractivity contribution in [3.63, 3.8) is 0 Å². The van der Waals surface area contributed by atoms with E-state index in [0.717, 1.165) is 5.56 Å². The molecule has 0 fully saturated rings. The summed E-state index contributed by atoms with van der Waals surface area (Å²) in [5.74, 6) is -1.63. The van der Waals surface area contributed by atoms with Crippen molar-refractivity contribution in [3.8, 4) is 0 Å². The number of nitrogens with one attached hydrogen (secondary N) is 3. The minimum atomic E-state index is -0.865. The molecule has 9 nitrogen and oxygen atoms in total. The summed E-state index contributed by atoms with van der Waals surface area (Å²) < 4.78 is 10.0. The third-order valence-electron chi connectivity index (χ3n) is 4.38. The molecular formula is C23H33N3O6. The van der Waals surface area contributed by atoms with E-state index in [1.165, 1.54) is 6.08 Å². The van der Waals surface area contributed by atoms with Gasteiger partial charge < -0.3 is 25.4 Å². The summed E-state index contributed by atoms with van der Waals surface area (Å²) in [5.41, 5.74) is 1.31. The molecule has 0 aliphatic carbocycles. The van der Waals surface area contributed by atoms with Gasteiger partial charge in [0.05, 0.1) is 5.92 Å². The third-order valence-corrected chi connectivity index (χ3v) is 4.38. The molecule has 2 atom stereocenters. The molecule has 0 radical (unpaired) electrons. The fourth-order valence-electron chi connectivity index (χ4n) is 2.46. The predicted octanol–water partition coefficient (Wildman–Crippen LogP) is 2.77. The molecule has 0 bridgehead atoms. The van der Waals surface area contributed by atoms with Gasteiger partial charge in [0, 0.05) is 5.69 Å². The molecular weight excluding hydrogens is 414 g/mol. The van der Waals surface area contributed by atoms with E-state index in [2.05, 4.69) is 22.5 Å². The molecule has 3 N–H and O–H groups in total. The van der Waals surface area contributed by atoms with Crippen LogP contribution in [0.3, 0.4) is 0 Å². The van der Waals surface area contributed by atoms with Crippen molar-refractivity contribution in [1.29, 1.82) is 0 Å². The zero-order chi connectivity index (χ0) is 24.3. The molecule has 176 valence electrons. The second-order valence-electron chi connectivity index (χ2n) is 7.93. The largest absolute Gasteiger partial charge is 0.461 e. The Morgan fingerprint density at radius 3 is 2.09 bits per heavy atom. The Labute approximate surface area is 188 Å². The lowest BCUT2D eigenvalue weighted by molar-refractivity contribution is -0.148. The highest BCUT2D eigenvalue weighted by Gasteiger charge is 2.27. The van der Waals surface area contributed by atoms with Crippen molar-refractivity contribution >= 4 is 29.6 Å². The Morgan fingerprint density at radius 2 is 1.56 bits per heavy atom. The van der Waals surface area contributed by atoms with Gasteiger partial charge in [0.1, 0.15) is 25.3 Å². The van der Waals surface area contributed by atoms with E-state index in [9.17, 15) is 19.2 Å². The predicted molar refractivity (Wildman–Crippen MR) is 121 cm³/mol. The van der Waals surface area contributed by atoms with Crippen LogP contribution < -0.4 is 16.0 Å². The van der Waals surface area contributed by atoms with Crippen molar-refractivity contribution < 1.29 is 28.7 Å². The maximum atomic E-state index is 12.6. The van der Waals surface area contributed by atoms with Crippen molar-refractivity contribution in [1.82, 2.24) is 10.6 Å². The van der Waals surface area contributed by atoms with Crippen LogP contribution in [-0.2, 0) is 30.5 Å². The van der Waals surface area contributed by atoms with Gasteiger partial charge in [0.2, 0.25) is 11.8 Å². The van der Waals surface area contributed by atoms with Gasteiger partial charge in [0.15, 0.2) is 0 Å². The maximum Gasteiger partial charge on any atom is 0.408 e. The van der Waals surface area contributed by atoms with Crippen LogP contribution in [0.4, 0.5) is 10.5 Å². The fraction of sp³-hybridized carbons (Fsp3) is 0.478. The quantitative estimate of drug-likeness (QED) is 0.354. The Bertz CT molecular complexity index is 804. The number of benzene rings is 1. The molecule has 1 aromatic carbocycles. The van der Waals surface area contributed by atoms with E-state index in [1.54, 1.807) is 58.9 Å². The normalized spacial score (nSPS) is 12.5.